The van der Waals surface area contributed by atoms with E-state index in [-0.39, 0.29) is 0 Å². The summed E-state index contributed by atoms with van der Waals surface area (Å²) in [4.78, 5) is 4.43. The molecule has 0 aliphatic rings. The molecule has 4 aromatic heterocycles. The first-order valence-electron chi connectivity index (χ1n) is 11.0. The van der Waals surface area contributed by atoms with E-state index < -0.39 is 0 Å². The van der Waals surface area contributed by atoms with Crippen LogP contribution in [-0.2, 0) is 0 Å². The molecule has 0 saturated heterocycles. The summed E-state index contributed by atoms with van der Waals surface area (Å²) in [6.45, 7) is 0. The Hall–Kier alpha value is -4.15. The van der Waals surface area contributed by atoms with Crippen molar-refractivity contribution in [2.45, 2.75) is 0 Å². The lowest BCUT2D eigenvalue weighted by atomic mass is 10.0. The Kier molecular flexibility index (Phi) is 3.28. The molecule has 0 bridgehead atoms. The van der Waals surface area contributed by atoms with Crippen LogP contribution in [-0.4, -0.2) is 9.55 Å². The lowest BCUT2D eigenvalue weighted by Crippen LogP contribution is -1.94. The van der Waals surface area contributed by atoms with Crippen molar-refractivity contribution in [3.8, 4) is 5.69 Å². The minimum absolute atomic E-state index is 0.918. The topological polar surface area (TPSA) is 31.0 Å². The summed E-state index contributed by atoms with van der Waals surface area (Å²) in [5.74, 6) is 0. The fourth-order valence-electron chi connectivity index (χ4n) is 5.37. The molecule has 0 atom stereocenters. The average Bonchev–Trinajstić information content (AvgIpc) is 3.54. The van der Waals surface area contributed by atoms with E-state index in [4.69, 9.17) is 4.42 Å². The van der Waals surface area contributed by atoms with Gasteiger partial charge < -0.3 is 8.98 Å². The number of fused-ring (bicyclic) bond motifs is 12. The van der Waals surface area contributed by atoms with Crippen LogP contribution in [0.3, 0.4) is 0 Å². The Balaban J connectivity index is 1.80. The quantitative estimate of drug-likeness (QED) is 0.256. The number of hydrogen-bond donors (Lipinski definition) is 0. The number of hydrogen-bond acceptors (Lipinski definition) is 3. The van der Waals surface area contributed by atoms with Gasteiger partial charge in [-0.2, -0.15) is 0 Å². The number of furan rings is 1. The van der Waals surface area contributed by atoms with Crippen molar-refractivity contribution in [1.82, 2.24) is 9.55 Å². The SMILES string of the molecule is c1cncc(-n2c3ccccc3c3c4c5ccccc5sc4c4c5ccccc5oc4c32)c1. The zero-order valence-corrected chi connectivity index (χ0v) is 18.3. The van der Waals surface area contributed by atoms with Gasteiger partial charge in [0.1, 0.15) is 5.58 Å². The first-order chi connectivity index (χ1) is 16.4. The fourth-order valence-corrected chi connectivity index (χ4v) is 6.63. The molecule has 0 radical (unpaired) electrons. The first kappa shape index (κ1) is 17.4. The molecule has 0 spiro atoms. The molecule has 154 valence electrons. The molecule has 0 aliphatic carbocycles. The molecule has 0 fully saturated rings. The molecule has 0 amide bonds. The maximum Gasteiger partial charge on any atom is 0.161 e. The third-order valence-electron chi connectivity index (χ3n) is 6.66. The van der Waals surface area contributed by atoms with Gasteiger partial charge in [0.25, 0.3) is 0 Å². The molecule has 8 aromatic rings. The van der Waals surface area contributed by atoms with Crippen LogP contribution in [0, 0.1) is 0 Å². The predicted octanol–water partition coefficient (Wildman–Crippen LogP) is 8.45. The summed E-state index contributed by atoms with van der Waals surface area (Å²) in [6.07, 6.45) is 3.75. The van der Waals surface area contributed by atoms with Crippen LogP contribution in [0.15, 0.2) is 102 Å². The minimum Gasteiger partial charge on any atom is -0.454 e. The van der Waals surface area contributed by atoms with Crippen LogP contribution in [0.1, 0.15) is 0 Å². The highest BCUT2D eigenvalue weighted by molar-refractivity contribution is 7.27. The summed E-state index contributed by atoms with van der Waals surface area (Å²) in [5.41, 5.74) is 5.15. The van der Waals surface area contributed by atoms with Crippen LogP contribution in [0.25, 0.3) is 69.6 Å². The number of benzene rings is 4. The maximum atomic E-state index is 6.63. The summed E-state index contributed by atoms with van der Waals surface area (Å²) >= 11 is 1.86. The van der Waals surface area contributed by atoms with Crippen molar-refractivity contribution >= 4 is 75.3 Å². The van der Waals surface area contributed by atoms with E-state index in [1.54, 1.807) is 0 Å². The molecule has 0 saturated carbocycles. The maximum absolute atomic E-state index is 6.63. The van der Waals surface area contributed by atoms with Crippen LogP contribution >= 0.6 is 11.3 Å². The van der Waals surface area contributed by atoms with Crippen LogP contribution in [0.2, 0.25) is 0 Å². The summed E-state index contributed by atoms with van der Waals surface area (Å²) in [5, 5.41) is 7.43. The van der Waals surface area contributed by atoms with Crippen LogP contribution in [0.4, 0.5) is 0 Å². The summed E-state index contributed by atoms with van der Waals surface area (Å²) in [6, 6.07) is 29.9. The van der Waals surface area contributed by atoms with Gasteiger partial charge in [0.2, 0.25) is 0 Å². The molecule has 4 heterocycles. The van der Waals surface area contributed by atoms with Gasteiger partial charge in [0, 0.05) is 47.9 Å². The number of para-hydroxylation sites is 2. The second-order valence-electron chi connectivity index (χ2n) is 8.39. The zero-order chi connectivity index (χ0) is 21.5. The van der Waals surface area contributed by atoms with Crippen molar-refractivity contribution in [2.75, 3.05) is 0 Å². The van der Waals surface area contributed by atoms with Gasteiger partial charge in [-0.05, 0) is 30.3 Å². The molecular weight excluding hydrogens is 424 g/mol. The van der Waals surface area contributed by atoms with E-state index in [9.17, 15) is 0 Å². The number of nitrogens with zero attached hydrogens (tertiary/aromatic N) is 2. The van der Waals surface area contributed by atoms with Gasteiger partial charge >= 0.3 is 0 Å². The molecule has 4 aromatic carbocycles. The standard InChI is InChI=1S/C29H16N2OS/c1-4-12-21-18(9-1)24-25-20-11-3-6-14-23(20)33-29(25)26-19-10-2-5-13-22(19)32-28(26)27(24)31(21)17-8-7-15-30-16-17/h1-16H. The van der Waals surface area contributed by atoms with E-state index >= 15 is 0 Å². The van der Waals surface area contributed by atoms with Crippen LogP contribution in [0.5, 0.6) is 0 Å². The number of rotatable bonds is 1. The monoisotopic (exact) mass is 440 g/mol. The second kappa shape index (κ2) is 6.21. The minimum atomic E-state index is 0.918. The van der Waals surface area contributed by atoms with Gasteiger partial charge in [-0.3, -0.25) is 4.98 Å². The Morgan fingerprint density at radius 1 is 0.697 bits per heavy atom. The van der Waals surface area contributed by atoms with Gasteiger partial charge in [-0.1, -0.05) is 54.6 Å². The lowest BCUT2D eigenvalue weighted by molar-refractivity contribution is 0.671. The van der Waals surface area contributed by atoms with Crippen molar-refractivity contribution in [3.05, 3.63) is 97.3 Å². The normalized spacial score (nSPS) is 12.2. The summed E-state index contributed by atoms with van der Waals surface area (Å²) in [7, 11) is 0. The molecule has 0 aliphatic heterocycles. The Labute approximate surface area is 192 Å². The average molecular weight is 441 g/mol. The fraction of sp³-hybridized carbons (Fsp3) is 0. The van der Waals surface area contributed by atoms with Gasteiger partial charge in [-0.25, -0.2) is 0 Å². The molecular formula is C29H16N2OS. The third kappa shape index (κ3) is 2.16. The Morgan fingerprint density at radius 2 is 1.48 bits per heavy atom. The van der Waals surface area contributed by atoms with E-state index in [2.05, 4.69) is 82.3 Å². The Bertz CT molecular complexity index is 2030. The highest BCUT2D eigenvalue weighted by Gasteiger charge is 2.25. The molecule has 0 N–H and O–H groups in total. The molecule has 8 rings (SSSR count). The van der Waals surface area contributed by atoms with Crippen molar-refractivity contribution < 1.29 is 4.42 Å². The van der Waals surface area contributed by atoms with Crippen molar-refractivity contribution in [3.63, 3.8) is 0 Å². The predicted molar refractivity (Wildman–Crippen MR) is 139 cm³/mol. The van der Waals surface area contributed by atoms with Crippen LogP contribution < -0.4 is 0 Å². The van der Waals surface area contributed by atoms with Gasteiger partial charge in [0.15, 0.2) is 5.58 Å². The smallest absolute Gasteiger partial charge is 0.161 e. The molecule has 4 heteroatoms. The lowest BCUT2D eigenvalue weighted by Gasteiger charge is -2.07. The van der Waals surface area contributed by atoms with Gasteiger partial charge in [-0.15, -0.1) is 11.3 Å². The Morgan fingerprint density at radius 3 is 2.36 bits per heavy atom. The molecule has 0 unspecified atom stereocenters. The summed E-state index contributed by atoms with van der Waals surface area (Å²) < 4.78 is 11.5. The van der Waals surface area contributed by atoms with E-state index in [0.717, 1.165) is 33.3 Å². The molecule has 3 nitrogen and oxygen atoms in total. The van der Waals surface area contributed by atoms with E-state index in [1.165, 1.54) is 36.3 Å². The first-order valence-corrected chi connectivity index (χ1v) is 11.8. The highest BCUT2D eigenvalue weighted by atomic mass is 32.1. The van der Waals surface area contributed by atoms with Crippen molar-refractivity contribution in [2.24, 2.45) is 0 Å². The number of thiophene rings is 1. The second-order valence-corrected chi connectivity index (χ2v) is 9.44. The van der Waals surface area contributed by atoms with Gasteiger partial charge in [0.05, 0.1) is 22.9 Å². The highest BCUT2D eigenvalue weighted by Crippen LogP contribution is 2.50. The number of pyridine rings is 1. The third-order valence-corrected chi connectivity index (χ3v) is 7.85. The van der Waals surface area contributed by atoms with E-state index in [0.29, 0.717) is 0 Å². The number of aromatic nitrogens is 2. The van der Waals surface area contributed by atoms with Crippen molar-refractivity contribution in [1.29, 1.82) is 0 Å². The van der Waals surface area contributed by atoms with E-state index in [1.807, 2.05) is 35.9 Å². The molecule has 33 heavy (non-hydrogen) atoms. The largest absolute Gasteiger partial charge is 0.454 e. The zero-order valence-electron chi connectivity index (χ0n) is 17.4.